The highest BCUT2D eigenvalue weighted by atomic mass is 16.3. The largest absolute Gasteiger partial charge is 0.392 e. The van der Waals surface area contributed by atoms with E-state index in [1.807, 2.05) is 37.3 Å². The number of hydrogen-bond donors (Lipinski definition) is 3. The summed E-state index contributed by atoms with van der Waals surface area (Å²) in [5.41, 5.74) is 1.67. The fourth-order valence-corrected chi connectivity index (χ4v) is 1.76. The molecule has 1 aromatic heterocycles. The van der Waals surface area contributed by atoms with E-state index in [1.54, 1.807) is 17.7 Å². The normalized spacial score (nSPS) is 11.9. The van der Waals surface area contributed by atoms with Crippen molar-refractivity contribution in [2.45, 2.75) is 20.0 Å². The van der Waals surface area contributed by atoms with Gasteiger partial charge in [0.05, 0.1) is 17.5 Å². The van der Waals surface area contributed by atoms with Gasteiger partial charge in [0, 0.05) is 12.6 Å². The highest BCUT2D eigenvalue weighted by Crippen LogP contribution is 2.16. The van der Waals surface area contributed by atoms with E-state index in [0.29, 0.717) is 5.82 Å². The standard InChI is InChI=1S/C14H18N4O2/c1-10-8-13(16-14(20)15-9-11(2)19)18(17-10)12-6-4-3-5-7-12/h3-8,11,19H,9H2,1-2H3,(H2,15,16,20)/t11-/m1/s1. The molecule has 0 aliphatic heterocycles. The van der Waals surface area contributed by atoms with Crippen molar-refractivity contribution in [2.75, 3.05) is 11.9 Å². The highest BCUT2D eigenvalue weighted by molar-refractivity contribution is 5.88. The predicted octanol–water partition coefficient (Wildman–Crippen LogP) is 1.68. The number of aliphatic hydroxyl groups excluding tert-OH is 1. The van der Waals surface area contributed by atoms with Crippen LogP contribution in [0.25, 0.3) is 5.69 Å². The summed E-state index contributed by atoms with van der Waals surface area (Å²) in [6.45, 7) is 3.67. The third-order valence-corrected chi connectivity index (χ3v) is 2.63. The van der Waals surface area contributed by atoms with Crippen LogP contribution < -0.4 is 10.6 Å². The summed E-state index contributed by atoms with van der Waals surface area (Å²) in [6.07, 6.45) is -0.582. The van der Waals surface area contributed by atoms with Crippen molar-refractivity contribution in [1.82, 2.24) is 15.1 Å². The molecule has 0 radical (unpaired) electrons. The average molecular weight is 274 g/mol. The first-order valence-corrected chi connectivity index (χ1v) is 6.41. The third kappa shape index (κ3) is 3.58. The Morgan fingerprint density at radius 3 is 2.75 bits per heavy atom. The van der Waals surface area contributed by atoms with Crippen molar-refractivity contribution in [3.8, 4) is 5.69 Å². The Kier molecular flexibility index (Phi) is 4.37. The second-order valence-corrected chi connectivity index (χ2v) is 4.60. The van der Waals surface area contributed by atoms with Crippen LogP contribution in [0.5, 0.6) is 0 Å². The van der Waals surface area contributed by atoms with Gasteiger partial charge in [-0.1, -0.05) is 18.2 Å². The maximum absolute atomic E-state index is 11.7. The van der Waals surface area contributed by atoms with Crippen LogP contribution in [0, 0.1) is 6.92 Å². The van der Waals surface area contributed by atoms with Crippen molar-refractivity contribution < 1.29 is 9.90 Å². The Bertz CT molecular complexity index is 578. The molecule has 3 N–H and O–H groups in total. The Morgan fingerprint density at radius 1 is 1.40 bits per heavy atom. The maximum atomic E-state index is 11.7. The Balaban J connectivity index is 2.14. The van der Waals surface area contributed by atoms with E-state index in [9.17, 15) is 4.79 Å². The van der Waals surface area contributed by atoms with E-state index in [2.05, 4.69) is 15.7 Å². The lowest BCUT2D eigenvalue weighted by Gasteiger charge is -2.10. The van der Waals surface area contributed by atoms with Gasteiger partial charge in [-0.25, -0.2) is 9.48 Å². The zero-order chi connectivity index (χ0) is 14.5. The lowest BCUT2D eigenvalue weighted by molar-refractivity contribution is 0.190. The van der Waals surface area contributed by atoms with Crippen LogP contribution >= 0.6 is 0 Å². The van der Waals surface area contributed by atoms with E-state index in [4.69, 9.17) is 5.11 Å². The molecule has 1 aromatic carbocycles. The van der Waals surface area contributed by atoms with Gasteiger partial charge in [0.25, 0.3) is 0 Å². The molecule has 0 fully saturated rings. The first kappa shape index (κ1) is 14.1. The number of benzene rings is 1. The zero-order valence-electron chi connectivity index (χ0n) is 11.5. The van der Waals surface area contributed by atoms with Crippen molar-refractivity contribution in [3.05, 3.63) is 42.1 Å². The number of aromatic nitrogens is 2. The van der Waals surface area contributed by atoms with Crippen LogP contribution in [0.15, 0.2) is 36.4 Å². The molecule has 0 saturated heterocycles. The molecule has 0 unspecified atom stereocenters. The summed E-state index contributed by atoms with van der Waals surface area (Å²) in [5.74, 6) is 0.580. The van der Waals surface area contributed by atoms with Gasteiger partial charge >= 0.3 is 6.03 Å². The molecular formula is C14H18N4O2. The maximum Gasteiger partial charge on any atom is 0.320 e. The summed E-state index contributed by atoms with van der Waals surface area (Å²) in [5, 5.41) is 18.8. The third-order valence-electron chi connectivity index (χ3n) is 2.63. The van der Waals surface area contributed by atoms with Gasteiger partial charge in [-0.3, -0.25) is 5.32 Å². The molecule has 0 bridgehead atoms. The minimum Gasteiger partial charge on any atom is -0.392 e. The fourth-order valence-electron chi connectivity index (χ4n) is 1.76. The number of aryl methyl sites for hydroxylation is 1. The first-order valence-electron chi connectivity index (χ1n) is 6.41. The van der Waals surface area contributed by atoms with E-state index < -0.39 is 6.10 Å². The van der Waals surface area contributed by atoms with Crippen LogP contribution in [-0.2, 0) is 0 Å². The Hall–Kier alpha value is -2.34. The molecule has 0 aliphatic rings. The number of nitrogens with one attached hydrogen (secondary N) is 2. The van der Waals surface area contributed by atoms with E-state index in [1.165, 1.54) is 0 Å². The molecule has 6 nitrogen and oxygen atoms in total. The predicted molar refractivity (Wildman–Crippen MR) is 77.0 cm³/mol. The number of urea groups is 1. The number of nitrogens with zero attached hydrogens (tertiary/aromatic N) is 2. The molecule has 0 saturated carbocycles. The van der Waals surface area contributed by atoms with Crippen LogP contribution in [0.1, 0.15) is 12.6 Å². The highest BCUT2D eigenvalue weighted by Gasteiger charge is 2.10. The molecule has 0 spiro atoms. The van der Waals surface area contributed by atoms with Gasteiger partial charge in [0.2, 0.25) is 0 Å². The molecule has 2 amide bonds. The van der Waals surface area contributed by atoms with Crippen LogP contribution in [0.2, 0.25) is 0 Å². The average Bonchev–Trinajstić information content (AvgIpc) is 2.78. The molecular weight excluding hydrogens is 256 g/mol. The molecule has 2 rings (SSSR count). The summed E-state index contributed by atoms with van der Waals surface area (Å²) >= 11 is 0. The van der Waals surface area contributed by atoms with Gasteiger partial charge in [0.1, 0.15) is 5.82 Å². The van der Waals surface area contributed by atoms with Crippen LogP contribution in [0.4, 0.5) is 10.6 Å². The minimum absolute atomic E-state index is 0.199. The van der Waals surface area contributed by atoms with Gasteiger partial charge in [0.15, 0.2) is 0 Å². The van der Waals surface area contributed by atoms with Gasteiger partial charge in [-0.05, 0) is 26.0 Å². The number of amides is 2. The smallest absolute Gasteiger partial charge is 0.320 e. The second kappa shape index (κ2) is 6.21. The second-order valence-electron chi connectivity index (χ2n) is 4.60. The number of aliphatic hydroxyl groups is 1. The van der Waals surface area contributed by atoms with Crippen LogP contribution in [0.3, 0.4) is 0 Å². The lowest BCUT2D eigenvalue weighted by atomic mass is 10.3. The van der Waals surface area contributed by atoms with Crippen LogP contribution in [-0.4, -0.2) is 33.6 Å². The molecule has 0 aliphatic carbocycles. The SMILES string of the molecule is Cc1cc(NC(=O)NC[C@@H](C)O)n(-c2ccccc2)n1. The number of anilines is 1. The van der Waals surface area contributed by atoms with Gasteiger partial charge in [-0.15, -0.1) is 0 Å². The zero-order valence-corrected chi connectivity index (χ0v) is 11.5. The van der Waals surface area contributed by atoms with E-state index in [0.717, 1.165) is 11.4 Å². The van der Waals surface area contributed by atoms with Gasteiger partial charge < -0.3 is 10.4 Å². The summed E-state index contributed by atoms with van der Waals surface area (Å²) in [7, 11) is 0. The summed E-state index contributed by atoms with van der Waals surface area (Å²) in [6, 6.07) is 11.0. The molecule has 6 heteroatoms. The number of carbonyl (C=O) groups is 1. The fraction of sp³-hybridized carbons (Fsp3) is 0.286. The van der Waals surface area contributed by atoms with Crippen molar-refractivity contribution >= 4 is 11.8 Å². The Labute approximate surface area is 117 Å². The van der Waals surface area contributed by atoms with E-state index >= 15 is 0 Å². The van der Waals surface area contributed by atoms with Crippen molar-refractivity contribution in [2.24, 2.45) is 0 Å². The van der Waals surface area contributed by atoms with Crippen molar-refractivity contribution in [3.63, 3.8) is 0 Å². The minimum atomic E-state index is -0.582. The van der Waals surface area contributed by atoms with Gasteiger partial charge in [-0.2, -0.15) is 5.10 Å². The number of carbonyl (C=O) groups excluding carboxylic acids is 1. The molecule has 106 valence electrons. The lowest BCUT2D eigenvalue weighted by Crippen LogP contribution is -2.34. The van der Waals surface area contributed by atoms with Crippen molar-refractivity contribution in [1.29, 1.82) is 0 Å². The number of rotatable bonds is 4. The summed E-state index contributed by atoms with van der Waals surface area (Å²) in [4.78, 5) is 11.7. The quantitative estimate of drug-likeness (QED) is 0.793. The van der Waals surface area contributed by atoms with E-state index in [-0.39, 0.29) is 12.6 Å². The number of para-hydroxylation sites is 1. The Morgan fingerprint density at radius 2 is 2.10 bits per heavy atom. The molecule has 1 heterocycles. The molecule has 2 aromatic rings. The molecule has 1 atom stereocenters. The molecule has 20 heavy (non-hydrogen) atoms. The first-order chi connectivity index (χ1) is 9.56. The monoisotopic (exact) mass is 274 g/mol. The summed E-state index contributed by atoms with van der Waals surface area (Å²) < 4.78 is 1.66. The number of hydrogen-bond acceptors (Lipinski definition) is 3. The topological polar surface area (TPSA) is 79.2 Å².